The van der Waals surface area contributed by atoms with Crippen molar-refractivity contribution in [1.29, 1.82) is 0 Å². The number of pyridine rings is 1. The molecule has 4 rings (SSSR count). The minimum absolute atomic E-state index is 0.270. The van der Waals surface area contributed by atoms with E-state index in [1.54, 1.807) is 38.5 Å². The molecular weight excluding hydrogens is 500 g/mol. The van der Waals surface area contributed by atoms with Gasteiger partial charge in [0.1, 0.15) is 10.6 Å². The first-order chi connectivity index (χ1) is 18.4. The van der Waals surface area contributed by atoms with Crippen molar-refractivity contribution in [2.45, 2.75) is 36.0 Å². The molecule has 2 heterocycles. The minimum atomic E-state index is -3.65. The van der Waals surface area contributed by atoms with Crippen LogP contribution in [0, 0.1) is 0 Å². The van der Waals surface area contributed by atoms with Gasteiger partial charge in [-0.3, -0.25) is 0 Å². The lowest BCUT2D eigenvalue weighted by Gasteiger charge is -2.17. The van der Waals surface area contributed by atoms with E-state index in [1.165, 1.54) is 5.56 Å². The molecule has 202 valence electrons. The highest BCUT2D eigenvalue weighted by molar-refractivity contribution is 7.91. The van der Waals surface area contributed by atoms with Crippen LogP contribution >= 0.6 is 0 Å². The van der Waals surface area contributed by atoms with Gasteiger partial charge in [-0.2, -0.15) is 0 Å². The van der Waals surface area contributed by atoms with Crippen molar-refractivity contribution < 1.29 is 22.6 Å². The maximum absolute atomic E-state index is 13.5. The Morgan fingerprint density at radius 3 is 2.39 bits per heavy atom. The summed E-state index contributed by atoms with van der Waals surface area (Å²) in [4.78, 5) is 2.92. The smallest absolute Gasteiger partial charge is 0.208 e. The Morgan fingerprint density at radius 1 is 0.921 bits per heavy atom. The molecule has 38 heavy (non-hydrogen) atoms. The van der Waals surface area contributed by atoms with Crippen LogP contribution in [-0.4, -0.2) is 58.7 Å². The molecule has 0 aliphatic heterocycles. The van der Waals surface area contributed by atoms with Crippen LogP contribution in [-0.2, 0) is 22.7 Å². The summed E-state index contributed by atoms with van der Waals surface area (Å²) in [5.74, 6) is 2.14. The number of benzene rings is 2. The molecule has 0 unspecified atom stereocenters. The van der Waals surface area contributed by atoms with Crippen molar-refractivity contribution in [1.82, 2.24) is 9.30 Å². The second-order valence-electron chi connectivity index (χ2n) is 9.25. The maximum atomic E-state index is 13.5. The molecule has 2 aromatic heterocycles. The van der Waals surface area contributed by atoms with Gasteiger partial charge in [-0.15, -0.1) is 0 Å². The van der Waals surface area contributed by atoms with Crippen molar-refractivity contribution in [3.63, 3.8) is 0 Å². The topological polar surface area (TPSA) is 69.5 Å². The van der Waals surface area contributed by atoms with Crippen LogP contribution in [0.1, 0.15) is 24.5 Å². The zero-order chi connectivity index (χ0) is 27.1. The van der Waals surface area contributed by atoms with Gasteiger partial charge in [0.25, 0.3) is 0 Å². The number of hydrogen-bond donors (Lipinski definition) is 0. The van der Waals surface area contributed by atoms with Crippen LogP contribution in [0.2, 0.25) is 0 Å². The predicted octanol–water partition coefficient (Wildman–Crippen LogP) is 5.30. The number of fused-ring (bicyclic) bond motifs is 1. The van der Waals surface area contributed by atoms with E-state index in [9.17, 15) is 8.42 Å². The predicted molar refractivity (Wildman–Crippen MR) is 150 cm³/mol. The third-order valence-electron chi connectivity index (χ3n) is 6.68. The molecule has 8 heteroatoms. The molecule has 7 nitrogen and oxygen atoms in total. The third-order valence-corrected chi connectivity index (χ3v) is 8.58. The summed E-state index contributed by atoms with van der Waals surface area (Å²) >= 11 is 0. The standard InChI is InChI=1S/C30H36N2O5S/c1-5-24-22-32-18-7-6-9-27(32)30(24)38(33,34)26-13-11-25(12-14-26)37-20-8-17-31(2)19-16-23-10-15-28(35-3)29(21-23)36-4/h6-7,9-15,18,21-22H,5,8,16-17,19-20H2,1-4H3. The molecule has 0 saturated carbocycles. The van der Waals surface area contributed by atoms with Crippen LogP contribution in [0.3, 0.4) is 0 Å². The summed E-state index contributed by atoms with van der Waals surface area (Å²) in [5, 5.41) is 0. The van der Waals surface area contributed by atoms with Gasteiger partial charge < -0.3 is 23.5 Å². The molecule has 0 amide bonds. The summed E-state index contributed by atoms with van der Waals surface area (Å²) in [7, 11) is 1.72. The van der Waals surface area contributed by atoms with Crippen LogP contribution in [0.25, 0.3) is 5.52 Å². The number of sulfone groups is 1. The van der Waals surface area contributed by atoms with Crippen LogP contribution in [0.15, 0.2) is 82.8 Å². The van der Waals surface area contributed by atoms with Gasteiger partial charge in [-0.1, -0.05) is 19.1 Å². The summed E-state index contributed by atoms with van der Waals surface area (Å²) in [5.41, 5.74) is 2.70. The fourth-order valence-electron chi connectivity index (χ4n) is 4.54. The molecule has 0 aliphatic rings. The first kappa shape index (κ1) is 27.5. The largest absolute Gasteiger partial charge is 0.494 e. The Hall–Kier alpha value is -3.49. The van der Waals surface area contributed by atoms with Gasteiger partial charge in [-0.25, -0.2) is 8.42 Å². The first-order valence-electron chi connectivity index (χ1n) is 12.8. The second-order valence-corrected chi connectivity index (χ2v) is 11.1. The van der Waals surface area contributed by atoms with Gasteiger partial charge in [0, 0.05) is 25.5 Å². The number of ether oxygens (including phenoxy) is 3. The number of methoxy groups -OCH3 is 2. The Balaban J connectivity index is 1.29. The van der Waals surface area contributed by atoms with Crippen molar-refractivity contribution in [3.05, 3.63) is 84.2 Å². The minimum Gasteiger partial charge on any atom is -0.494 e. The molecule has 0 radical (unpaired) electrons. The van der Waals surface area contributed by atoms with E-state index in [0.29, 0.717) is 29.2 Å². The van der Waals surface area contributed by atoms with E-state index in [-0.39, 0.29) is 4.90 Å². The second kappa shape index (κ2) is 12.4. The highest BCUT2D eigenvalue weighted by Crippen LogP contribution is 2.31. The summed E-state index contributed by atoms with van der Waals surface area (Å²) in [6.07, 6.45) is 6.17. The van der Waals surface area contributed by atoms with Crippen molar-refractivity contribution in [2.24, 2.45) is 0 Å². The third kappa shape index (κ3) is 6.14. The Bertz CT molecular complexity index is 1460. The van der Waals surface area contributed by atoms with Crippen LogP contribution < -0.4 is 14.2 Å². The van der Waals surface area contributed by atoms with Gasteiger partial charge in [0.05, 0.1) is 31.2 Å². The summed E-state index contributed by atoms with van der Waals surface area (Å²) in [6, 6.07) is 18.3. The van der Waals surface area contributed by atoms with Gasteiger partial charge in [0.2, 0.25) is 9.84 Å². The van der Waals surface area contributed by atoms with Gasteiger partial charge in [0.15, 0.2) is 11.5 Å². The lowest BCUT2D eigenvalue weighted by atomic mass is 10.1. The maximum Gasteiger partial charge on any atom is 0.208 e. The molecule has 0 aliphatic carbocycles. The number of aromatic nitrogens is 1. The zero-order valence-corrected chi connectivity index (χ0v) is 23.3. The Labute approximate surface area is 225 Å². The number of likely N-dealkylation sites (N-methyl/N-ethyl adjacent to an activating group) is 1. The fourth-order valence-corrected chi connectivity index (χ4v) is 6.26. The number of aryl methyl sites for hydroxylation is 1. The summed E-state index contributed by atoms with van der Waals surface area (Å²) < 4.78 is 45.4. The first-order valence-corrected chi connectivity index (χ1v) is 14.3. The number of rotatable bonds is 13. The van der Waals surface area contributed by atoms with E-state index in [4.69, 9.17) is 14.2 Å². The van der Waals surface area contributed by atoms with Gasteiger partial charge in [-0.05, 0) is 86.0 Å². The average molecular weight is 537 g/mol. The SMILES string of the molecule is CCc1cn2ccccc2c1S(=O)(=O)c1ccc(OCCCN(C)CCc2ccc(OC)c(OC)c2)cc1. The molecule has 0 fully saturated rings. The zero-order valence-electron chi connectivity index (χ0n) is 22.5. The van der Waals surface area contributed by atoms with Crippen LogP contribution in [0.4, 0.5) is 0 Å². The highest BCUT2D eigenvalue weighted by atomic mass is 32.2. The normalized spacial score (nSPS) is 11.7. The lowest BCUT2D eigenvalue weighted by molar-refractivity contribution is 0.264. The quantitative estimate of drug-likeness (QED) is 0.216. The summed E-state index contributed by atoms with van der Waals surface area (Å²) in [6.45, 7) is 4.33. The Morgan fingerprint density at radius 2 is 1.68 bits per heavy atom. The highest BCUT2D eigenvalue weighted by Gasteiger charge is 2.25. The van der Waals surface area contributed by atoms with Crippen molar-refractivity contribution in [2.75, 3.05) is 41.0 Å². The molecule has 0 saturated heterocycles. The van der Waals surface area contributed by atoms with E-state index >= 15 is 0 Å². The molecule has 0 spiro atoms. The van der Waals surface area contributed by atoms with E-state index in [0.717, 1.165) is 43.0 Å². The number of hydrogen-bond acceptors (Lipinski definition) is 6. The van der Waals surface area contributed by atoms with E-state index < -0.39 is 9.84 Å². The average Bonchev–Trinajstić information content (AvgIpc) is 3.34. The molecule has 4 aromatic rings. The van der Waals surface area contributed by atoms with E-state index in [1.807, 2.05) is 54.0 Å². The molecule has 0 bridgehead atoms. The monoisotopic (exact) mass is 536 g/mol. The molecule has 0 atom stereocenters. The number of nitrogens with zero attached hydrogens (tertiary/aromatic N) is 2. The van der Waals surface area contributed by atoms with Crippen molar-refractivity contribution in [3.8, 4) is 17.2 Å². The fraction of sp³-hybridized carbons (Fsp3) is 0.333. The van der Waals surface area contributed by atoms with Gasteiger partial charge >= 0.3 is 0 Å². The van der Waals surface area contributed by atoms with E-state index in [2.05, 4.69) is 18.0 Å². The Kier molecular flexibility index (Phi) is 8.97. The molecule has 0 N–H and O–H groups in total. The lowest BCUT2D eigenvalue weighted by Crippen LogP contribution is -2.23. The van der Waals surface area contributed by atoms with Crippen molar-refractivity contribution >= 4 is 15.4 Å². The molecule has 2 aromatic carbocycles. The van der Waals surface area contributed by atoms with Crippen LogP contribution in [0.5, 0.6) is 17.2 Å². The molecular formula is C30H36N2O5S.